The molecule has 0 radical (unpaired) electrons. The quantitative estimate of drug-likeness (QED) is 0.298. The van der Waals surface area contributed by atoms with Gasteiger partial charge in [0.15, 0.2) is 5.67 Å². The van der Waals surface area contributed by atoms with Crippen molar-refractivity contribution in [3.8, 4) is 0 Å². The molecule has 1 aliphatic rings. The van der Waals surface area contributed by atoms with Crippen LogP contribution in [0.3, 0.4) is 0 Å². The van der Waals surface area contributed by atoms with Gasteiger partial charge in [0.25, 0.3) is 18.2 Å². The summed E-state index contributed by atoms with van der Waals surface area (Å²) < 4.78 is 43.4. The summed E-state index contributed by atoms with van der Waals surface area (Å²) in [6.07, 6.45) is 8.70. The average molecular weight is 571 g/mol. The number of halogens is 4. The van der Waals surface area contributed by atoms with E-state index in [0.29, 0.717) is 10.7 Å². The van der Waals surface area contributed by atoms with Crippen molar-refractivity contribution in [1.82, 2.24) is 14.9 Å². The average Bonchev–Trinajstić information content (AvgIpc) is 3.26. The summed E-state index contributed by atoms with van der Waals surface area (Å²) in [6.45, 7) is 4.82. The van der Waals surface area contributed by atoms with Crippen LogP contribution in [0.25, 0.3) is 10.9 Å². The number of allylic oxidation sites excluding steroid dienone is 6. The topological polar surface area (TPSA) is 76.0 Å². The summed E-state index contributed by atoms with van der Waals surface area (Å²) in [7, 11) is 0. The second kappa shape index (κ2) is 12.1. The number of pyridine rings is 1. The van der Waals surface area contributed by atoms with Crippen molar-refractivity contribution in [3.05, 3.63) is 94.5 Å². The molecule has 0 spiro atoms. The van der Waals surface area contributed by atoms with Crippen LogP contribution in [-0.2, 0) is 17.9 Å². The van der Waals surface area contributed by atoms with Crippen LogP contribution in [0.4, 0.5) is 18.9 Å². The minimum atomic E-state index is -2.99. The minimum absolute atomic E-state index is 0.0926. The van der Waals surface area contributed by atoms with E-state index in [1.54, 1.807) is 12.1 Å². The zero-order valence-electron chi connectivity index (χ0n) is 22.3. The van der Waals surface area contributed by atoms with E-state index in [2.05, 4.69) is 45.3 Å². The van der Waals surface area contributed by atoms with Crippen molar-refractivity contribution >= 4 is 40.0 Å². The predicted molar refractivity (Wildman–Crippen MR) is 151 cm³/mol. The molecule has 0 bridgehead atoms. The maximum Gasteiger partial charge on any atom is 0.281 e. The first-order valence-corrected chi connectivity index (χ1v) is 13.2. The van der Waals surface area contributed by atoms with E-state index in [9.17, 15) is 22.8 Å². The fourth-order valence-corrected chi connectivity index (χ4v) is 4.68. The normalized spacial score (nSPS) is 18.5. The van der Waals surface area contributed by atoms with Crippen LogP contribution < -0.4 is 10.6 Å². The summed E-state index contributed by atoms with van der Waals surface area (Å²) in [5.41, 5.74) is -0.361. The molecular formula is C30H30ClF3N4O2. The molecule has 6 nitrogen and oxygen atoms in total. The van der Waals surface area contributed by atoms with Gasteiger partial charge in [0.2, 0.25) is 0 Å². The molecule has 40 heavy (non-hydrogen) atoms. The molecule has 1 aromatic carbocycles. The van der Waals surface area contributed by atoms with Crippen molar-refractivity contribution in [1.29, 1.82) is 0 Å². The molecule has 4 rings (SSSR count). The first-order valence-electron chi connectivity index (χ1n) is 12.9. The Labute approximate surface area is 235 Å². The van der Waals surface area contributed by atoms with Crippen molar-refractivity contribution < 1.29 is 22.8 Å². The molecule has 2 aromatic heterocycles. The monoisotopic (exact) mass is 570 g/mol. The van der Waals surface area contributed by atoms with Gasteiger partial charge in [-0.2, -0.15) is 0 Å². The standard InChI is InChI=1S/C30H30ClF3N4O2/c1-4-38-24-12-11-22(14-20(24)15-25(38)19-7-5-6-8-21(31)10-9-19)37-28(39)23-13-18(16-35-26(23)27(32)33)17-36-29(40)30(2,3)34/h5-6,8-16,19,27H,4,7,17H2,1-3H3,(H,36,40)(H,37,39)/b6-5-,10-9-,21-8+. The lowest BCUT2D eigenvalue weighted by Gasteiger charge is -2.16. The van der Waals surface area contributed by atoms with Crippen molar-refractivity contribution in [3.63, 3.8) is 0 Å². The van der Waals surface area contributed by atoms with Gasteiger partial charge in [-0.05, 0) is 75.2 Å². The molecule has 1 atom stereocenters. The smallest absolute Gasteiger partial charge is 0.281 e. The molecule has 0 aliphatic heterocycles. The van der Waals surface area contributed by atoms with E-state index in [1.165, 1.54) is 6.07 Å². The molecule has 2 heterocycles. The number of amides is 2. The molecule has 210 valence electrons. The number of anilines is 1. The number of carbonyl (C=O) groups is 2. The molecular weight excluding hydrogens is 541 g/mol. The lowest BCUT2D eigenvalue weighted by atomic mass is 9.98. The fourth-order valence-electron chi connectivity index (χ4n) is 4.54. The SMILES string of the molecule is CCn1c(C2\C=C/C(Cl)=C\C=C/C2)cc2cc(NC(=O)c3cc(CNC(=O)C(C)(C)F)cnc3C(F)F)ccc21. The third kappa shape index (κ3) is 6.65. The van der Waals surface area contributed by atoms with Crippen LogP contribution in [-0.4, -0.2) is 27.0 Å². The molecule has 1 aliphatic carbocycles. The van der Waals surface area contributed by atoms with Gasteiger partial charge in [0, 0.05) is 52.5 Å². The Hall–Kier alpha value is -3.85. The minimum Gasteiger partial charge on any atom is -0.349 e. The molecule has 0 saturated heterocycles. The lowest BCUT2D eigenvalue weighted by Crippen LogP contribution is -2.38. The Morgan fingerprint density at radius 2 is 2.00 bits per heavy atom. The number of benzene rings is 1. The van der Waals surface area contributed by atoms with Gasteiger partial charge in [0.1, 0.15) is 5.69 Å². The number of nitrogens with one attached hydrogen (secondary N) is 2. The van der Waals surface area contributed by atoms with Crippen LogP contribution in [0.2, 0.25) is 0 Å². The highest BCUT2D eigenvalue weighted by Gasteiger charge is 2.27. The highest BCUT2D eigenvalue weighted by atomic mass is 35.5. The molecule has 2 N–H and O–H groups in total. The summed E-state index contributed by atoms with van der Waals surface area (Å²) in [5.74, 6) is -1.55. The first kappa shape index (κ1) is 29.1. The van der Waals surface area contributed by atoms with E-state index in [0.717, 1.165) is 49.6 Å². The molecule has 1 unspecified atom stereocenters. The van der Waals surface area contributed by atoms with E-state index in [1.807, 2.05) is 24.3 Å². The number of nitrogens with zero attached hydrogens (tertiary/aromatic N) is 2. The van der Waals surface area contributed by atoms with Gasteiger partial charge >= 0.3 is 0 Å². The number of hydrogen-bond donors (Lipinski definition) is 2. The highest BCUT2D eigenvalue weighted by Crippen LogP contribution is 2.32. The molecule has 0 fully saturated rings. The molecule has 0 saturated carbocycles. The predicted octanol–water partition coefficient (Wildman–Crippen LogP) is 7.33. The van der Waals surface area contributed by atoms with Crippen LogP contribution in [0.5, 0.6) is 0 Å². The Morgan fingerprint density at radius 3 is 2.70 bits per heavy atom. The van der Waals surface area contributed by atoms with Gasteiger partial charge in [-0.25, -0.2) is 13.2 Å². The molecule has 10 heteroatoms. The number of alkyl halides is 3. The number of hydrogen-bond acceptors (Lipinski definition) is 3. The Balaban J connectivity index is 1.60. The largest absolute Gasteiger partial charge is 0.349 e. The van der Waals surface area contributed by atoms with Gasteiger partial charge in [0.05, 0.1) is 5.56 Å². The second-order valence-electron chi connectivity index (χ2n) is 9.95. The number of aromatic nitrogens is 2. The molecule has 3 aromatic rings. The van der Waals surface area contributed by atoms with Crippen LogP contribution in [0, 0.1) is 0 Å². The summed E-state index contributed by atoms with van der Waals surface area (Å²) >= 11 is 6.20. The van der Waals surface area contributed by atoms with E-state index in [4.69, 9.17) is 11.6 Å². The van der Waals surface area contributed by atoms with E-state index < -0.39 is 29.6 Å². The summed E-state index contributed by atoms with van der Waals surface area (Å²) in [4.78, 5) is 28.7. The van der Waals surface area contributed by atoms with Crippen molar-refractivity contribution in [2.24, 2.45) is 0 Å². The Morgan fingerprint density at radius 1 is 1.23 bits per heavy atom. The van der Waals surface area contributed by atoms with Crippen LogP contribution in [0.1, 0.15) is 66.8 Å². The maximum absolute atomic E-state index is 13.8. The third-order valence-corrected chi connectivity index (χ3v) is 6.83. The fraction of sp³-hybridized carbons (Fsp3) is 0.300. The van der Waals surface area contributed by atoms with Crippen LogP contribution in [0.15, 0.2) is 71.9 Å². The van der Waals surface area contributed by atoms with Crippen molar-refractivity contribution in [2.75, 3.05) is 5.32 Å². The van der Waals surface area contributed by atoms with Crippen LogP contribution >= 0.6 is 11.6 Å². The second-order valence-corrected chi connectivity index (χ2v) is 10.4. The lowest BCUT2D eigenvalue weighted by molar-refractivity contribution is -0.130. The van der Waals surface area contributed by atoms with Gasteiger partial charge in [-0.3, -0.25) is 14.6 Å². The zero-order chi connectivity index (χ0) is 29.0. The van der Waals surface area contributed by atoms with E-state index in [-0.39, 0.29) is 23.6 Å². The van der Waals surface area contributed by atoms with Crippen molar-refractivity contribution in [2.45, 2.75) is 58.3 Å². The number of aryl methyl sites for hydroxylation is 1. The van der Waals surface area contributed by atoms with E-state index >= 15 is 0 Å². The number of fused-ring (bicyclic) bond motifs is 1. The Kier molecular flexibility index (Phi) is 8.83. The first-order chi connectivity index (χ1) is 19.0. The summed E-state index contributed by atoms with van der Waals surface area (Å²) in [5, 5.41) is 6.59. The zero-order valence-corrected chi connectivity index (χ0v) is 23.1. The Bertz CT molecular complexity index is 1520. The van der Waals surface area contributed by atoms with Gasteiger partial charge < -0.3 is 15.2 Å². The maximum atomic E-state index is 13.8. The number of rotatable bonds is 8. The molecule has 2 amide bonds. The third-order valence-electron chi connectivity index (χ3n) is 6.58. The highest BCUT2D eigenvalue weighted by molar-refractivity contribution is 6.31. The van der Waals surface area contributed by atoms with Gasteiger partial charge in [-0.1, -0.05) is 29.8 Å². The summed E-state index contributed by atoms with van der Waals surface area (Å²) in [6, 6.07) is 8.67. The van der Waals surface area contributed by atoms with Gasteiger partial charge in [-0.15, -0.1) is 0 Å². The number of carbonyl (C=O) groups excluding carboxylic acids is 2.